The number of anilines is 1. The van der Waals surface area contributed by atoms with Crippen molar-refractivity contribution in [3.8, 4) is 11.4 Å². The zero-order valence-corrected chi connectivity index (χ0v) is 13.8. The van der Waals surface area contributed by atoms with Gasteiger partial charge < -0.3 is 15.8 Å². The fourth-order valence-corrected chi connectivity index (χ4v) is 2.30. The Hall–Kier alpha value is -3.68. The van der Waals surface area contributed by atoms with Crippen LogP contribution < -0.4 is 15.8 Å². The summed E-state index contributed by atoms with van der Waals surface area (Å²) in [5, 5.41) is 6.87. The highest BCUT2D eigenvalue weighted by molar-refractivity contribution is 6.05. The van der Waals surface area contributed by atoms with Crippen molar-refractivity contribution in [2.24, 2.45) is 5.73 Å². The van der Waals surface area contributed by atoms with Gasteiger partial charge in [0.15, 0.2) is 11.4 Å². The minimum atomic E-state index is -0.553. The highest BCUT2D eigenvalue weighted by Crippen LogP contribution is 2.21. The van der Waals surface area contributed by atoms with Gasteiger partial charge in [0.1, 0.15) is 5.82 Å². The summed E-state index contributed by atoms with van der Waals surface area (Å²) >= 11 is 0. The predicted octanol–water partition coefficient (Wildman–Crippen LogP) is 2.37. The van der Waals surface area contributed by atoms with Crippen LogP contribution in [-0.4, -0.2) is 28.7 Å². The molecule has 2 amide bonds. The second-order valence-corrected chi connectivity index (χ2v) is 5.36. The molecule has 0 atom stereocenters. The number of carbonyl (C=O) groups is 2. The van der Waals surface area contributed by atoms with Crippen LogP contribution in [0.3, 0.4) is 0 Å². The topological polar surface area (TPSA) is 99.2 Å². The maximum Gasteiger partial charge on any atom is 0.280 e. The lowest BCUT2D eigenvalue weighted by Gasteiger charge is -2.05. The van der Waals surface area contributed by atoms with Gasteiger partial charge in [-0.05, 0) is 48.5 Å². The lowest BCUT2D eigenvalue weighted by molar-refractivity contribution is 0.0997. The fraction of sp³-hybridized carbons (Fsp3) is 0.0556. The molecule has 1 heterocycles. The molecule has 0 bridgehead atoms. The largest absolute Gasteiger partial charge is 0.493 e. The Bertz CT molecular complexity index is 950. The van der Waals surface area contributed by atoms with Gasteiger partial charge in [-0.2, -0.15) is 5.10 Å². The number of hydrogen-bond acceptors (Lipinski definition) is 4. The molecule has 26 heavy (non-hydrogen) atoms. The van der Waals surface area contributed by atoms with Gasteiger partial charge in [-0.3, -0.25) is 9.59 Å². The number of aromatic nitrogens is 2. The molecular weight excluding hydrogens is 339 g/mol. The van der Waals surface area contributed by atoms with Crippen molar-refractivity contribution in [1.82, 2.24) is 9.78 Å². The molecular formula is C18H15FN4O3. The maximum absolute atomic E-state index is 13.1. The van der Waals surface area contributed by atoms with E-state index in [1.165, 1.54) is 54.4 Å². The molecule has 0 aliphatic carbocycles. The van der Waals surface area contributed by atoms with Gasteiger partial charge in [0.25, 0.3) is 5.91 Å². The summed E-state index contributed by atoms with van der Waals surface area (Å²) in [6.07, 6.45) is 1.53. The summed E-state index contributed by atoms with van der Waals surface area (Å²) in [4.78, 5) is 23.6. The third kappa shape index (κ3) is 3.54. The number of amides is 2. The molecule has 0 spiro atoms. The van der Waals surface area contributed by atoms with Crippen LogP contribution in [0.5, 0.6) is 5.75 Å². The first-order chi connectivity index (χ1) is 12.5. The molecule has 0 aliphatic heterocycles. The molecule has 0 fully saturated rings. The zero-order valence-electron chi connectivity index (χ0n) is 13.8. The summed E-state index contributed by atoms with van der Waals surface area (Å²) in [6, 6.07) is 11.8. The molecule has 0 radical (unpaired) electrons. The van der Waals surface area contributed by atoms with Gasteiger partial charge in [0, 0.05) is 11.3 Å². The highest BCUT2D eigenvalue weighted by atomic mass is 19.1. The smallest absolute Gasteiger partial charge is 0.280 e. The van der Waals surface area contributed by atoms with Gasteiger partial charge in [0.2, 0.25) is 5.91 Å². The quantitative estimate of drug-likeness (QED) is 0.735. The second-order valence-electron chi connectivity index (χ2n) is 5.36. The van der Waals surface area contributed by atoms with Crippen molar-refractivity contribution in [2.45, 2.75) is 0 Å². The molecule has 0 saturated carbocycles. The van der Waals surface area contributed by atoms with E-state index in [0.717, 1.165) is 0 Å². The first-order valence-electron chi connectivity index (χ1n) is 7.59. The molecule has 8 heteroatoms. The SMILES string of the molecule is COc1cn(-c2ccc(F)cc2)nc1C(=O)Nc1ccc(C(N)=O)cc1. The van der Waals surface area contributed by atoms with Gasteiger partial charge in [0.05, 0.1) is 19.0 Å². The van der Waals surface area contributed by atoms with Crippen LogP contribution in [0.4, 0.5) is 10.1 Å². The van der Waals surface area contributed by atoms with E-state index < -0.39 is 11.8 Å². The summed E-state index contributed by atoms with van der Waals surface area (Å²) in [7, 11) is 1.42. The molecule has 0 saturated heterocycles. The highest BCUT2D eigenvalue weighted by Gasteiger charge is 2.18. The number of ether oxygens (including phenoxy) is 1. The third-order valence-corrected chi connectivity index (χ3v) is 3.63. The van der Waals surface area contributed by atoms with Crippen LogP contribution >= 0.6 is 0 Å². The number of halogens is 1. The van der Waals surface area contributed by atoms with Crippen LogP contribution in [0.1, 0.15) is 20.8 Å². The summed E-state index contributed by atoms with van der Waals surface area (Å²) in [5.74, 6) is -1.15. The zero-order chi connectivity index (χ0) is 18.7. The Balaban J connectivity index is 1.84. The average molecular weight is 354 g/mol. The molecule has 1 aromatic heterocycles. The molecule has 3 aromatic rings. The Morgan fingerprint density at radius 1 is 1.12 bits per heavy atom. The van der Waals surface area contributed by atoms with E-state index in [-0.39, 0.29) is 17.3 Å². The van der Waals surface area contributed by atoms with Crippen molar-refractivity contribution < 1.29 is 18.7 Å². The monoisotopic (exact) mass is 354 g/mol. The van der Waals surface area contributed by atoms with E-state index in [1.54, 1.807) is 12.1 Å². The molecule has 0 unspecified atom stereocenters. The van der Waals surface area contributed by atoms with Crippen molar-refractivity contribution in [2.75, 3.05) is 12.4 Å². The number of carbonyl (C=O) groups excluding carboxylic acids is 2. The van der Waals surface area contributed by atoms with Crippen LogP contribution in [-0.2, 0) is 0 Å². The number of primary amides is 1. The summed E-state index contributed by atoms with van der Waals surface area (Å²) in [6.45, 7) is 0. The minimum Gasteiger partial charge on any atom is -0.493 e. The first kappa shape index (κ1) is 17.2. The standard InChI is InChI=1S/C18H15FN4O3/c1-26-15-10-23(14-8-4-12(19)5-9-14)22-16(15)18(25)21-13-6-2-11(3-7-13)17(20)24/h2-10H,1H3,(H2,20,24)(H,21,25). The molecule has 0 aliphatic rings. The van der Waals surface area contributed by atoms with Crippen LogP contribution in [0.25, 0.3) is 5.69 Å². The number of nitrogens with one attached hydrogen (secondary N) is 1. The lowest BCUT2D eigenvalue weighted by Crippen LogP contribution is -2.15. The van der Waals surface area contributed by atoms with Gasteiger partial charge >= 0.3 is 0 Å². The van der Waals surface area contributed by atoms with E-state index in [0.29, 0.717) is 16.9 Å². The minimum absolute atomic E-state index is 0.0656. The van der Waals surface area contributed by atoms with E-state index in [2.05, 4.69) is 10.4 Å². The Morgan fingerprint density at radius 3 is 2.35 bits per heavy atom. The average Bonchev–Trinajstić information content (AvgIpc) is 3.07. The van der Waals surface area contributed by atoms with Crippen molar-refractivity contribution in [3.63, 3.8) is 0 Å². The molecule has 3 N–H and O–H groups in total. The van der Waals surface area contributed by atoms with Crippen LogP contribution in [0.2, 0.25) is 0 Å². The normalized spacial score (nSPS) is 10.4. The van der Waals surface area contributed by atoms with Crippen molar-refractivity contribution in [1.29, 1.82) is 0 Å². The predicted molar refractivity (Wildman–Crippen MR) is 93.0 cm³/mol. The molecule has 2 aromatic carbocycles. The first-order valence-corrected chi connectivity index (χ1v) is 7.59. The molecule has 3 rings (SSSR count). The van der Waals surface area contributed by atoms with E-state index in [4.69, 9.17) is 10.5 Å². The number of methoxy groups -OCH3 is 1. The Labute approximate surface area is 148 Å². The van der Waals surface area contributed by atoms with Crippen LogP contribution in [0.15, 0.2) is 54.7 Å². The third-order valence-electron chi connectivity index (χ3n) is 3.63. The summed E-state index contributed by atoms with van der Waals surface area (Å²) < 4.78 is 19.7. The number of nitrogens with two attached hydrogens (primary N) is 1. The summed E-state index contributed by atoms with van der Waals surface area (Å²) in [5.41, 5.74) is 6.63. The van der Waals surface area contributed by atoms with Crippen molar-refractivity contribution >= 4 is 17.5 Å². The van der Waals surface area contributed by atoms with Crippen LogP contribution in [0, 0.1) is 5.82 Å². The van der Waals surface area contributed by atoms with Gasteiger partial charge in [-0.15, -0.1) is 0 Å². The van der Waals surface area contributed by atoms with Gasteiger partial charge in [-0.1, -0.05) is 0 Å². The Morgan fingerprint density at radius 2 is 1.77 bits per heavy atom. The molecule has 132 valence electrons. The number of hydrogen-bond donors (Lipinski definition) is 2. The maximum atomic E-state index is 13.1. The van der Waals surface area contributed by atoms with Crippen molar-refractivity contribution in [3.05, 3.63) is 71.8 Å². The Kier molecular flexibility index (Phi) is 4.66. The van der Waals surface area contributed by atoms with E-state index >= 15 is 0 Å². The number of benzene rings is 2. The van der Waals surface area contributed by atoms with E-state index in [1.807, 2.05) is 0 Å². The fourth-order valence-electron chi connectivity index (χ4n) is 2.30. The molecule has 7 nitrogen and oxygen atoms in total. The lowest BCUT2D eigenvalue weighted by atomic mass is 10.2. The number of nitrogens with zero attached hydrogens (tertiary/aromatic N) is 2. The van der Waals surface area contributed by atoms with E-state index in [9.17, 15) is 14.0 Å². The second kappa shape index (κ2) is 7.06. The number of rotatable bonds is 5. The van der Waals surface area contributed by atoms with Gasteiger partial charge in [-0.25, -0.2) is 9.07 Å².